The Kier molecular flexibility index (Phi) is 3.57. The average Bonchev–Trinajstić information content (AvgIpc) is 1.99. The lowest BCUT2D eigenvalue weighted by Crippen LogP contribution is -1.97. The van der Waals surface area contributed by atoms with E-state index in [1.807, 2.05) is 0 Å². The molecular formula is C10H7BrF2O2. The molecule has 0 bridgehead atoms. The van der Waals surface area contributed by atoms with Crippen molar-refractivity contribution in [3.05, 3.63) is 39.9 Å². The second-order valence-electron chi connectivity index (χ2n) is 2.88. The molecule has 0 aliphatic heterocycles. The van der Waals surface area contributed by atoms with Crippen molar-refractivity contribution in [2.24, 2.45) is 0 Å². The van der Waals surface area contributed by atoms with Crippen molar-refractivity contribution in [3.8, 4) is 0 Å². The fourth-order valence-electron chi connectivity index (χ4n) is 1.05. The smallest absolute Gasteiger partial charge is 0.156 e. The van der Waals surface area contributed by atoms with Crippen LogP contribution in [0.25, 0.3) is 5.76 Å². The van der Waals surface area contributed by atoms with Crippen molar-refractivity contribution >= 4 is 27.5 Å². The molecule has 0 atom stereocenters. The molecule has 0 amide bonds. The molecule has 80 valence electrons. The van der Waals surface area contributed by atoms with E-state index in [2.05, 4.69) is 15.9 Å². The fraction of sp³-hybridized carbons (Fsp3) is 0.100. The number of carbonyl (C=O) groups is 1. The van der Waals surface area contributed by atoms with Gasteiger partial charge >= 0.3 is 0 Å². The van der Waals surface area contributed by atoms with Gasteiger partial charge in [-0.25, -0.2) is 8.78 Å². The molecule has 0 aliphatic carbocycles. The molecule has 0 saturated heterocycles. The average molecular weight is 277 g/mol. The number of hydrogen-bond donors (Lipinski definition) is 1. The SMILES string of the molecule is CC(=O)C=C(O)c1c(F)cc(Br)cc1F. The van der Waals surface area contributed by atoms with Crippen LogP contribution in [0.1, 0.15) is 12.5 Å². The molecule has 1 N–H and O–H groups in total. The first-order chi connectivity index (χ1) is 6.91. The number of allylic oxidation sites excluding steroid dienone is 1. The predicted octanol–water partition coefficient (Wildman–Crippen LogP) is 3.22. The Hall–Kier alpha value is -1.23. The molecule has 0 fully saturated rings. The highest BCUT2D eigenvalue weighted by Crippen LogP contribution is 2.24. The largest absolute Gasteiger partial charge is 0.507 e. The topological polar surface area (TPSA) is 37.3 Å². The first kappa shape index (κ1) is 11.8. The molecular weight excluding hydrogens is 270 g/mol. The number of hydrogen-bond acceptors (Lipinski definition) is 2. The molecule has 0 aliphatic rings. The molecule has 0 radical (unpaired) electrons. The van der Waals surface area contributed by atoms with Gasteiger partial charge in [0.1, 0.15) is 17.4 Å². The maximum atomic E-state index is 13.2. The number of halogens is 3. The number of benzene rings is 1. The summed E-state index contributed by atoms with van der Waals surface area (Å²) in [5, 5.41) is 9.29. The van der Waals surface area contributed by atoms with Crippen LogP contribution >= 0.6 is 15.9 Å². The van der Waals surface area contributed by atoms with Gasteiger partial charge in [-0.3, -0.25) is 4.79 Å². The van der Waals surface area contributed by atoms with E-state index >= 15 is 0 Å². The summed E-state index contributed by atoms with van der Waals surface area (Å²) in [5.74, 6) is -3.08. The Morgan fingerprint density at radius 3 is 2.27 bits per heavy atom. The Balaban J connectivity index is 3.32. The molecule has 0 spiro atoms. The summed E-state index contributed by atoms with van der Waals surface area (Å²) in [5.41, 5.74) is -0.603. The van der Waals surface area contributed by atoms with Crippen LogP contribution in [0.2, 0.25) is 0 Å². The van der Waals surface area contributed by atoms with E-state index in [1.54, 1.807) is 0 Å². The van der Waals surface area contributed by atoms with Crippen LogP contribution in [0, 0.1) is 11.6 Å². The molecule has 0 unspecified atom stereocenters. The van der Waals surface area contributed by atoms with Gasteiger partial charge in [-0.15, -0.1) is 0 Å². The minimum atomic E-state index is -0.933. The maximum absolute atomic E-state index is 13.2. The molecule has 0 saturated carbocycles. The van der Waals surface area contributed by atoms with Crippen molar-refractivity contribution in [2.75, 3.05) is 0 Å². The first-order valence-electron chi connectivity index (χ1n) is 3.98. The van der Waals surface area contributed by atoms with Gasteiger partial charge < -0.3 is 5.11 Å². The van der Waals surface area contributed by atoms with Crippen LogP contribution in [0.3, 0.4) is 0 Å². The van der Waals surface area contributed by atoms with Crippen LogP contribution in [-0.4, -0.2) is 10.9 Å². The lowest BCUT2D eigenvalue weighted by Gasteiger charge is -2.04. The highest BCUT2D eigenvalue weighted by molar-refractivity contribution is 9.10. The minimum Gasteiger partial charge on any atom is -0.507 e. The summed E-state index contributed by atoms with van der Waals surface area (Å²) >= 11 is 2.90. The van der Waals surface area contributed by atoms with Crippen LogP contribution < -0.4 is 0 Å². The third-order valence-electron chi connectivity index (χ3n) is 1.60. The Labute approximate surface area is 93.4 Å². The highest BCUT2D eigenvalue weighted by atomic mass is 79.9. The Bertz CT molecular complexity index is 418. The zero-order valence-corrected chi connectivity index (χ0v) is 9.31. The Morgan fingerprint density at radius 2 is 1.87 bits per heavy atom. The molecule has 0 heterocycles. The maximum Gasteiger partial charge on any atom is 0.156 e. The van der Waals surface area contributed by atoms with E-state index in [9.17, 15) is 18.7 Å². The quantitative estimate of drug-likeness (QED) is 0.665. The third-order valence-corrected chi connectivity index (χ3v) is 2.06. The Morgan fingerprint density at radius 1 is 1.40 bits per heavy atom. The van der Waals surface area contributed by atoms with Gasteiger partial charge in [-0.2, -0.15) is 0 Å². The minimum absolute atomic E-state index is 0.219. The molecule has 1 aromatic rings. The van der Waals surface area contributed by atoms with Crippen LogP contribution in [0.15, 0.2) is 22.7 Å². The number of aliphatic hydroxyl groups is 1. The zero-order chi connectivity index (χ0) is 11.6. The van der Waals surface area contributed by atoms with Crippen molar-refractivity contribution in [1.82, 2.24) is 0 Å². The highest BCUT2D eigenvalue weighted by Gasteiger charge is 2.14. The third kappa shape index (κ3) is 2.86. The van der Waals surface area contributed by atoms with Crippen molar-refractivity contribution < 1.29 is 18.7 Å². The second-order valence-corrected chi connectivity index (χ2v) is 3.80. The van der Waals surface area contributed by atoms with E-state index in [0.29, 0.717) is 0 Å². The van der Waals surface area contributed by atoms with Gasteiger partial charge in [0.25, 0.3) is 0 Å². The van der Waals surface area contributed by atoms with Crippen molar-refractivity contribution in [1.29, 1.82) is 0 Å². The molecule has 1 aromatic carbocycles. The second kappa shape index (κ2) is 4.53. The van der Waals surface area contributed by atoms with Gasteiger partial charge in [0.2, 0.25) is 0 Å². The van der Waals surface area contributed by atoms with E-state index in [-0.39, 0.29) is 4.47 Å². The van der Waals surface area contributed by atoms with Crippen LogP contribution in [0.4, 0.5) is 8.78 Å². The molecule has 2 nitrogen and oxygen atoms in total. The molecule has 5 heteroatoms. The summed E-state index contributed by atoms with van der Waals surface area (Å²) in [6, 6.07) is 2.01. The summed E-state index contributed by atoms with van der Waals surface area (Å²) in [6.45, 7) is 1.17. The van der Waals surface area contributed by atoms with Crippen LogP contribution in [-0.2, 0) is 4.79 Å². The van der Waals surface area contributed by atoms with Gasteiger partial charge in [0.15, 0.2) is 5.78 Å². The molecule has 15 heavy (non-hydrogen) atoms. The van der Waals surface area contributed by atoms with E-state index in [0.717, 1.165) is 18.2 Å². The van der Waals surface area contributed by atoms with Crippen molar-refractivity contribution in [2.45, 2.75) is 6.92 Å². The van der Waals surface area contributed by atoms with Gasteiger partial charge in [0.05, 0.1) is 5.56 Å². The number of ketones is 1. The normalized spacial score (nSPS) is 11.6. The number of aliphatic hydroxyl groups excluding tert-OH is 1. The molecule has 0 aromatic heterocycles. The molecule has 1 rings (SSSR count). The predicted molar refractivity (Wildman–Crippen MR) is 55.3 cm³/mol. The van der Waals surface area contributed by atoms with Crippen molar-refractivity contribution in [3.63, 3.8) is 0 Å². The summed E-state index contributed by atoms with van der Waals surface area (Å²) in [6.07, 6.45) is 0.759. The van der Waals surface area contributed by atoms with Gasteiger partial charge in [-0.1, -0.05) is 15.9 Å². The first-order valence-corrected chi connectivity index (χ1v) is 4.77. The monoisotopic (exact) mass is 276 g/mol. The van der Waals surface area contributed by atoms with E-state index in [1.165, 1.54) is 6.92 Å². The van der Waals surface area contributed by atoms with Gasteiger partial charge in [-0.05, 0) is 19.1 Å². The number of rotatable bonds is 2. The zero-order valence-electron chi connectivity index (χ0n) is 7.72. The summed E-state index contributed by atoms with van der Waals surface area (Å²) in [7, 11) is 0. The summed E-state index contributed by atoms with van der Waals surface area (Å²) < 4.78 is 26.7. The van der Waals surface area contributed by atoms with E-state index < -0.39 is 28.7 Å². The van der Waals surface area contributed by atoms with Crippen LogP contribution in [0.5, 0.6) is 0 Å². The number of carbonyl (C=O) groups excluding carboxylic acids is 1. The van der Waals surface area contributed by atoms with Gasteiger partial charge in [0, 0.05) is 10.5 Å². The fourth-order valence-corrected chi connectivity index (χ4v) is 1.45. The lowest BCUT2D eigenvalue weighted by atomic mass is 10.1. The lowest BCUT2D eigenvalue weighted by molar-refractivity contribution is -0.112. The summed E-state index contributed by atoms with van der Waals surface area (Å²) in [4.78, 5) is 10.6. The standard InChI is InChI=1S/C10H7BrF2O2/c1-5(14)2-9(15)10-7(12)3-6(11)4-8(10)13/h2-4,15H,1H3. The van der Waals surface area contributed by atoms with E-state index in [4.69, 9.17) is 0 Å².